The number of hydrogen-bond donors (Lipinski definition) is 0. The average Bonchev–Trinajstić information content (AvgIpc) is 2.55. The second-order valence-electron chi connectivity index (χ2n) is 3.46. The Morgan fingerprint density at radius 3 is 2.85 bits per heavy atom. The molecule has 70 valence electrons. The Morgan fingerprint density at radius 2 is 2.38 bits per heavy atom. The van der Waals surface area contributed by atoms with Crippen LogP contribution in [0.5, 0.6) is 0 Å². The smallest absolute Gasteiger partial charge is 0.331 e. The molecule has 1 rings (SSSR count). The Balaban J connectivity index is 2.65. The molecule has 0 N–H and O–H groups in total. The summed E-state index contributed by atoms with van der Waals surface area (Å²) in [5.74, 6) is -0.377. The van der Waals surface area contributed by atoms with Crippen molar-refractivity contribution in [2.24, 2.45) is 0 Å². The first-order valence-electron chi connectivity index (χ1n) is 4.28. The Hall–Kier alpha value is -1.31. The largest absolute Gasteiger partial charge is 0.452 e. The van der Waals surface area contributed by atoms with E-state index in [1.165, 1.54) is 6.08 Å². The first-order chi connectivity index (χ1) is 6.06. The summed E-state index contributed by atoms with van der Waals surface area (Å²) in [6.07, 6.45) is 8.04. The van der Waals surface area contributed by atoms with Crippen LogP contribution >= 0.6 is 0 Å². The van der Waals surface area contributed by atoms with Crippen LogP contribution in [0.3, 0.4) is 0 Å². The maximum Gasteiger partial charge on any atom is 0.331 e. The molecule has 1 aliphatic rings. The number of carbonyl (C=O) groups excluding carboxylic acids is 1. The highest BCUT2D eigenvalue weighted by Crippen LogP contribution is 2.27. The van der Waals surface area contributed by atoms with E-state index in [4.69, 9.17) is 4.74 Å². The minimum Gasteiger partial charge on any atom is -0.452 e. The van der Waals surface area contributed by atoms with Crippen LogP contribution in [0.15, 0.2) is 36.5 Å². The third kappa shape index (κ3) is 2.31. The number of esters is 1. The highest BCUT2D eigenvalue weighted by atomic mass is 16.6. The maximum atomic E-state index is 11.0. The van der Waals surface area contributed by atoms with E-state index < -0.39 is 5.60 Å². The summed E-state index contributed by atoms with van der Waals surface area (Å²) in [5, 5.41) is 0. The van der Waals surface area contributed by atoms with Gasteiger partial charge in [0.05, 0.1) is 0 Å². The van der Waals surface area contributed by atoms with E-state index in [2.05, 4.69) is 6.58 Å². The Labute approximate surface area is 78.6 Å². The minimum atomic E-state index is -0.519. The molecule has 13 heavy (non-hydrogen) atoms. The summed E-state index contributed by atoms with van der Waals surface area (Å²) in [4.78, 5) is 11.0. The van der Waals surface area contributed by atoms with Crippen LogP contribution in [0.4, 0.5) is 0 Å². The third-order valence-electron chi connectivity index (χ3n) is 2.07. The van der Waals surface area contributed by atoms with Gasteiger partial charge in [-0.05, 0) is 25.8 Å². The molecule has 0 fully saturated rings. The molecule has 0 saturated heterocycles. The molecule has 0 heterocycles. The van der Waals surface area contributed by atoms with Crippen LogP contribution in [0.1, 0.15) is 20.3 Å². The monoisotopic (exact) mass is 178 g/mol. The highest BCUT2D eigenvalue weighted by molar-refractivity contribution is 5.81. The first kappa shape index (κ1) is 9.78. The maximum absolute atomic E-state index is 11.0. The minimum absolute atomic E-state index is 0.377. The topological polar surface area (TPSA) is 26.3 Å². The van der Waals surface area contributed by atoms with E-state index in [-0.39, 0.29) is 5.97 Å². The van der Waals surface area contributed by atoms with Crippen LogP contribution in [-0.2, 0) is 9.53 Å². The Bertz CT molecular complexity index is 282. The second kappa shape index (κ2) is 3.60. The van der Waals surface area contributed by atoms with Crippen molar-refractivity contribution in [3.63, 3.8) is 0 Å². The fourth-order valence-corrected chi connectivity index (χ4v) is 1.25. The fraction of sp³-hybridized carbons (Fsp3) is 0.364. The van der Waals surface area contributed by atoms with E-state index in [1.807, 2.05) is 32.1 Å². The predicted molar refractivity (Wildman–Crippen MR) is 52.2 cm³/mol. The lowest BCUT2D eigenvalue weighted by molar-refractivity contribution is -0.147. The van der Waals surface area contributed by atoms with Gasteiger partial charge in [-0.25, -0.2) is 4.79 Å². The van der Waals surface area contributed by atoms with Gasteiger partial charge in [-0.3, -0.25) is 0 Å². The summed E-state index contributed by atoms with van der Waals surface area (Å²) in [7, 11) is 0. The Kier molecular flexibility index (Phi) is 2.71. The van der Waals surface area contributed by atoms with E-state index in [0.717, 1.165) is 12.0 Å². The summed E-state index contributed by atoms with van der Waals surface area (Å²) >= 11 is 0. The van der Waals surface area contributed by atoms with E-state index in [0.29, 0.717) is 0 Å². The highest BCUT2D eigenvalue weighted by Gasteiger charge is 2.26. The number of ether oxygens (including phenoxy) is 1. The van der Waals surface area contributed by atoms with Crippen molar-refractivity contribution >= 4 is 5.97 Å². The normalized spacial score (nSPS) is 15.4. The van der Waals surface area contributed by atoms with Crippen molar-refractivity contribution in [3.8, 4) is 0 Å². The van der Waals surface area contributed by atoms with Crippen LogP contribution in [0, 0.1) is 0 Å². The summed E-state index contributed by atoms with van der Waals surface area (Å²) in [6.45, 7) is 7.13. The molecule has 0 spiro atoms. The molecule has 0 aromatic carbocycles. The van der Waals surface area contributed by atoms with E-state index >= 15 is 0 Å². The van der Waals surface area contributed by atoms with Crippen LogP contribution in [0.2, 0.25) is 0 Å². The zero-order valence-electron chi connectivity index (χ0n) is 8.04. The molecule has 2 nitrogen and oxygen atoms in total. The summed E-state index contributed by atoms with van der Waals surface area (Å²) < 4.78 is 5.21. The third-order valence-corrected chi connectivity index (χ3v) is 2.07. The van der Waals surface area contributed by atoms with Crippen molar-refractivity contribution in [3.05, 3.63) is 36.5 Å². The molecule has 0 aromatic heterocycles. The summed E-state index contributed by atoms with van der Waals surface area (Å²) in [5.41, 5.74) is 0.595. The van der Waals surface area contributed by atoms with Crippen LogP contribution < -0.4 is 0 Å². The molecule has 0 atom stereocenters. The molecule has 0 saturated carbocycles. The zero-order chi connectivity index (χ0) is 9.90. The number of hydrogen-bond acceptors (Lipinski definition) is 2. The lowest BCUT2D eigenvalue weighted by Gasteiger charge is -2.25. The zero-order valence-corrected chi connectivity index (χ0v) is 8.04. The van der Waals surface area contributed by atoms with Gasteiger partial charge in [0.1, 0.15) is 5.60 Å². The molecule has 0 aliphatic heterocycles. The second-order valence-corrected chi connectivity index (χ2v) is 3.46. The van der Waals surface area contributed by atoms with Crippen molar-refractivity contribution in [1.82, 2.24) is 0 Å². The molecule has 2 heteroatoms. The molecule has 0 radical (unpaired) electrons. The molecular formula is C11H14O2. The lowest BCUT2D eigenvalue weighted by atomic mass is 9.97. The molecule has 0 aromatic rings. The Morgan fingerprint density at radius 1 is 1.69 bits per heavy atom. The molecular weight excluding hydrogens is 164 g/mol. The molecule has 0 bridgehead atoms. The van der Waals surface area contributed by atoms with Gasteiger partial charge in [-0.2, -0.15) is 0 Å². The number of allylic oxidation sites excluding steroid dienone is 3. The van der Waals surface area contributed by atoms with Crippen LogP contribution in [-0.4, -0.2) is 11.6 Å². The summed E-state index contributed by atoms with van der Waals surface area (Å²) in [6, 6.07) is 0. The van der Waals surface area contributed by atoms with Gasteiger partial charge >= 0.3 is 5.97 Å². The van der Waals surface area contributed by atoms with Crippen molar-refractivity contribution in [1.29, 1.82) is 0 Å². The first-order valence-corrected chi connectivity index (χ1v) is 4.28. The van der Waals surface area contributed by atoms with Crippen molar-refractivity contribution < 1.29 is 9.53 Å². The van der Waals surface area contributed by atoms with E-state index in [1.54, 1.807) is 0 Å². The van der Waals surface area contributed by atoms with Gasteiger partial charge in [0.15, 0.2) is 0 Å². The molecule has 0 unspecified atom stereocenters. The lowest BCUT2D eigenvalue weighted by Crippen LogP contribution is -2.29. The van der Waals surface area contributed by atoms with Crippen LogP contribution in [0.25, 0.3) is 0 Å². The number of carbonyl (C=O) groups is 1. The van der Waals surface area contributed by atoms with Gasteiger partial charge in [-0.1, -0.05) is 24.8 Å². The fourth-order valence-electron chi connectivity index (χ4n) is 1.25. The quantitative estimate of drug-likeness (QED) is 0.490. The SMILES string of the molecule is C=CC(=O)OC(C)(C)C1=CC=CC1. The van der Waals surface area contributed by atoms with Gasteiger partial charge in [0, 0.05) is 6.08 Å². The standard InChI is InChI=1S/C11H14O2/c1-4-10(12)13-11(2,3)9-7-5-6-8-9/h4-7H,1,8H2,2-3H3. The number of rotatable bonds is 3. The van der Waals surface area contributed by atoms with Crippen molar-refractivity contribution in [2.45, 2.75) is 25.9 Å². The van der Waals surface area contributed by atoms with E-state index in [9.17, 15) is 4.79 Å². The predicted octanol–water partition coefficient (Wildman–Crippen LogP) is 2.38. The van der Waals surface area contributed by atoms with Crippen molar-refractivity contribution in [2.75, 3.05) is 0 Å². The van der Waals surface area contributed by atoms with Gasteiger partial charge < -0.3 is 4.74 Å². The van der Waals surface area contributed by atoms with Gasteiger partial charge in [0.2, 0.25) is 0 Å². The van der Waals surface area contributed by atoms with Gasteiger partial charge in [0.25, 0.3) is 0 Å². The average molecular weight is 178 g/mol. The van der Waals surface area contributed by atoms with Gasteiger partial charge in [-0.15, -0.1) is 0 Å². The molecule has 0 amide bonds. The molecule has 1 aliphatic carbocycles.